The van der Waals surface area contributed by atoms with Crippen molar-refractivity contribution in [2.45, 2.75) is 137 Å². The van der Waals surface area contributed by atoms with Gasteiger partial charge in [-0.15, -0.1) is 0 Å². The van der Waals surface area contributed by atoms with E-state index in [9.17, 15) is 17.6 Å². The molecule has 2 aromatic rings. The summed E-state index contributed by atoms with van der Waals surface area (Å²) in [6, 6.07) is 10.1. The van der Waals surface area contributed by atoms with Crippen molar-refractivity contribution in [1.29, 1.82) is 0 Å². The molecule has 0 N–H and O–H groups in total. The third-order valence-corrected chi connectivity index (χ3v) is 13.2. The van der Waals surface area contributed by atoms with Crippen LogP contribution < -0.4 is 4.90 Å². The van der Waals surface area contributed by atoms with Gasteiger partial charge in [0.05, 0.1) is 22.9 Å². The number of halogens is 1. The van der Waals surface area contributed by atoms with E-state index < -0.39 is 10.0 Å². The van der Waals surface area contributed by atoms with Crippen molar-refractivity contribution in [2.24, 2.45) is 5.92 Å². The first-order valence-electron chi connectivity index (χ1n) is 19.4. The molecule has 4 rings (SSSR count). The first-order valence-corrected chi connectivity index (χ1v) is 21.6. The van der Waals surface area contributed by atoms with Crippen molar-refractivity contribution in [2.75, 3.05) is 51.8 Å². The zero-order valence-corrected chi connectivity index (χ0v) is 32.6. The second-order valence-electron chi connectivity index (χ2n) is 14.4. The van der Waals surface area contributed by atoms with Crippen molar-refractivity contribution in [3.8, 4) is 0 Å². The van der Waals surface area contributed by atoms with Crippen molar-refractivity contribution < 1.29 is 22.3 Å². The zero-order chi connectivity index (χ0) is 35.8. The number of likely N-dealkylation sites (tertiary alicyclic amines) is 1. The van der Waals surface area contributed by atoms with Crippen LogP contribution in [0.1, 0.15) is 122 Å². The van der Waals surface area contributed by atoms with E-state index in [1.54, 1.807) is 36.0 Å². The number of sulfonamides is 1. The van der Waals surface area contributed by atoms with Crippen LogP contribution in [-0.2, 0) is 19.6 Å². The first-order chi connectivity index (χ1) is 24.2. The van der Waals surface area contributed by atoms with E-state index in [4.69, 9.17) is 4.74 Å². The Morgan fingerprint density at radius 2 is 1.40 bits per heavy atom. The normalized spacial score (nSPS) is 15.3. The van der Waals surface area contributed by atoms with Gasteiger partial charge in [-0.2, -0.15) is 0 Å². The lowest BCUT2D eigenvalue weighted by Crippen LogP contribution is -2.36. The Morgan fingerprint density at radius 3 is 2.02 bits per heavy atom. The standard InChI is InChI=1S/C40H62FN3O4S2/c1-4-5-6-7-8-9-10-11-12-13-14-15-16-18-40(45)48-30-25-33-23-28-43(29-24-33)26-17-27-44-36-31-34(41)19-21-38(36)49-39-22-20-35(32-37(39)44)50(46,47)42(2)3/h19-22,31-33H,4-18,23-30H2,1-3H3. The molecule has 0 spiro atoms. The van der Waals surface area contributed by atoms with Crippen LogP contribution in [0, 0.1) is 11.7 Å². The highest BCUT2D eigenvalue weighted by atomic mass is 32.2. The second-order valence-corrected chi connectivity index (χ2v) is 17.7. The monoisotopic (exact) mass is 731 g/mol. The summed E-state index contributed by atoms with van der Waals surface area (Å²) in [4.78, 5) is 19.0. The summed E-state index contributed by atoms with van der Waals surface area (Å²) in [6.45, 7) is 6.39. The van der Waals surface area contributed by atoms with Crippen molar-refractivity contribution >= 4 is 39.1 Å². The van der Waals surface area contributed by atoms with Crippen LogP contribution >= 0.6 is 11.8 Å². The van der Waals surface area contributed by atoms with Crippen LogP contribution in [0.25, 0.3) is 0 Å². The highest BCUT2D eigenvalue weighted by molar-refractivity contribution is 7.99. The van der Waals surface area contributed by atoms with E-state index in [0.29, 0.717) is 25.5 Å². The summed E-state index contributed by atoms with van der Waals surface area (Å²) >= 11 is 1.54. The lowest BCUT2D eigenvalue weighted by Gasteiger charge is -2.35. The summed E-state index contributed by atoms with van der Waals surface area (Å²) in [7, 11) is -0.538. The molecule has 0 unspecified atom stereocenters. The fraction of sp³-hybridized carbons (Fsp3) is 0.675. The molecule has 50 heavy (non-hydrogen) atoms. The number of piperidine rings is 1. The number of rotatable bonds is 23. The number of carbonyl (C=O) groups excluding carboxylic acids is 1. The SMILES string of the molecule is CCCCCCCCCCCCCCCC(=O)OCCC1CCN(CCCN2c3cc(F)ccc3Sc3ccc(S(=O)(=O)N(C)C)cc32)CC1. The van der Waals surface area contributed by atoms with Gasteiger partial charge in [0.25, 0.3) is 0 Å². The van der Waals surface area contributed by atoms with E-state index in [1.807, 2.05) is 6.07 Å². The van der Waals surface area contributed by atoms with Gasteiger partial charge in [-0.3, -0.25) is 4.79 Å². The molecule has 0 amide bonds. The molecule has 0 saturated carbocycles. The van der Waals surface area contributed by atoms with E-state index in [0.717, 1.165) is 79.3 Å². The lowest BCUT2D eigenvalue weighted by atomic mass is 9.94. The Kier molecular flexibility index (Phi) is 17.4. The van der Waals surface area contributed by atoms with E-state index >= 15 is 0 Å². The molecule has 2 aliphatic rings. The number of hydrogen-bond donors (Lipinski definition) is 0. The molecule has 2 aliphatic heterocycles. The minimum absolute atomic E-state index is 0.0453. The van der Waals surface area contributed by atoms with Gasteiger partial charge in [0, 0.05) is 36.9 Å². The van der Waals surface area contributed by atoms with Gasteiger partial charge >= 0.3 is 5.97 Å². The first kappa shape index (κ1) is 40.6. The van der Waals surface area contributed by atoms with E-state index in [1.165, 1.54) is 95.1 Å². The van der Waals surface area contributed by atoms with E-state index in [2.05, 4.69) is 16.7 Å². The number of hydrogen-bond acceptors (Lipinski definition) is 7. The minimum Gasteiger partial charge on any atom is -0.466 e. The number of carbonyl (C=O) groups is 1. The van der Waals surface area contributed by atoms with Gasteiger partial charge in [-0.25, -0.2) is 17.1 Å². The van der Waals surface area contributed by atoms with Crippen LogP contribution in [-0.4, -0.2) is 70.5 Å². The molecule has 0 aliphatic carbocycles. The Hall–Kier alpha value is -2.14. The number of anilines is 2. The summed E-state index contributed by atoms with van der Waals surface area (Å²) in [6.07, 6.45) is 21.4. The number of nitrogens with zero attached hydrogens (tertiary/aromatic N) is 3. The Bertz CT molecular complexity index is 1430. The summed E-state index contributed by atoms with van der Waals surface area (Å²) < 4.78 is 47.0. The summed E-state index contributed by atoms with van der Waals surface area (Å²) in [5.74, 6) is 0.228. The minimum atomic E-state index is -3.60. The molecule has 2 heterocycles. The average molecular weight is 732 g/mol. The third kappa shape index (κ3) is 12.8. The number of ether oxygens (including phenoxy) is 1. The topological polar surface area (TPSA) is 70.2 Å². The van der Waals surface area contributed by atoms with Crippen molar-refractivity contribution in [3.63, 3.8) is 0 Å². The van der Waals surface area contributed by atoms with Crippen LogP contribution in [0.3, 0.4) is 0 Å². The highest BCUT2D eigenvalue weighted by Crippen LogP contribution is 2.49. The van der Waals surface area contributed by atoms with E-state index in [-0.39, 0.29) is 16.7 Å². The molecular weight excluding hydrogens is 670 g/mol. The molecule has 0 radical (unpaired) electrons. The van der Waals surface area contributed by atoms with Gasteiger partial charge in [-0.05, 0) is 94.1 Å². The average Bonchev–Trinajstić information content (AvgIpc) is 3.10. The predicted octanol–water partition coefficient (Wildman–Crippen LogP) is 10.2. The maximum atomic E-state index is 14.4. The van der Waals surface area contributed by atoms with Crippen molar-refractivity contribution in [3.05, 3.63) is 42.2 Å². The smallest absolute Gasteiger partial charge is 0.305 e. The summed E-state index contributed by atoms with van der Waals surface area (Å²) in [5.41, 5.74) is 1.59. The van der Waals surface area contributed by atoms with Gasteiger partial charge in [0.1, 0.15) is 5.82 Å². The van der Waals surface area contributed by atoms with Crippen LogP contribution in [0.2, 0.25) is 0 Å². The number of unbranched alkanes of at least 4 members (excludes halogenated alkanes) is 12. The largest absolute Gasteiger partial charge is 0.466 e. The predicted molar refractivity (Wildman–Crippen MR) is 205 cm³/mol. The quantitative estimate of drug-likeness (QED) is 0.0832. The number of fused-ring (bicyclic) bond motifs is 2. The van der Waals surface area contributed by atoms with Crippen molar-refractivity contribution in [1.82, 2.24) is 9.21 Å². The van der Waals surface area contributed by atoms with Gasteiger partial charge in [0.15, 0.2) is 0 Å². The van der Waals surface area contributed by atoms with Gasteiger partial charge in [0.2, 0.25) is 10.0 Å². The lowest BCUT2D eigenvalue weighted by molar-refractivity contribution is -0.144. The second kappa shape index (κ2) is 21.4. The van der Waals surface area contributed by atoms with Crippen LogP contribution in [0.15, 0.2) is 51.1 Å². The Labute approximate surface area is 306 Å². The number of benzene rings is 2. The van der Waals surface area contributed by atoms with Crippen LogP contribution in [0.4, 0.5) is 15.8 Å². The number of esters is 1. The summed E-state index contributed by atoms with van der Waals surface area (Å²) in [5, 5.41) is 0. The third-order valence-electron chi connectivity index (χ3n) is 10.3. The molecule has 0 aromatic heterocycles. The maximum Gasteiger partial charge on any atom is 0.305 e. The molecule has 0 bridgehead atoms. The molecule has 280 valence electrons. The molecule has 1 saturated heterocycles. The molecule has 0 atom stereocenters. The van der Waals surface area contributed by atoms with Gasteiger partial charge in [-0.1, -0.05) is 95.7 Å². The zero-order valence-electron chi connectivity index (χ0n) is 31.0. The van der Waals surface area contributed by atoms with Crippen LogP contribution in [0.5, 0.6) is 0 Å². The Balaban J connectivity index is 1.09. The molecule has 1 fully saturated rings. The molecular formula is C40H62FN3O4S2. The maximum absolute atomic E-state index is 14.4. The molecule has 2 aromatic carbocycles. The van der Waals surface area contributed by atoms with Gasteiger partial charge < -0.3 is 14.5 Å². The fourth-order valence-electron chi connectivity index (χ4n) is 7.09. The highest BCUT2D eigenvalue weighted by Gasteiger charge is 2.28. The Morgan fingerprint density at radius 1 is 0.820 bits per heavy atom. The fourth-order valence-corrected chi connectivity index (χ4v) is 9.07. The molecule has 10 heteroatoms. The molecule has 7 nitrogen and oxygen atoms in total.